The van der Waals surface area contributed by atoms with E-state index >= 15 is 0 Å². The molecule has 0 aliphatic carbocycles. The molecule has 0 aromatic heterocycles. The lowest BCUT2D eigenvalue weighted by atomic mass is 10.1. The smallest absolute Gasteiger partial charge is 0.294 e. The van der Waals surface area contributed by atoms with E-state index in [0.29, 0.717) is 13.1 Å². The molecule has 6 nitrogen and oxygen atoms in total. The minimum Gasteiger partial charge on any atom is -0.371 e. The van der Waals surface area contributed by atoms with E-state index in [1.54, 1.807) is 11.0 Å². The van der Waals surface area contributed by atoms with Crippen LogP contribution in [0.1, 0.15) is 37.7 Å². The van der Waals surface area contributed by atoms with Gasteiger partial charge in [-0.05, 0) is 68.1 Å². The van der Waals surface area contributed by atoms with Crippen molar-refractivity contribution in [3.8, 4) is 0 Å². The number of rotatable bonds is 4. The Hall–Kier alpha value is -2.35. The second kappa shape index (κ2) is 8.57. The third-order valence-corrected chi connectivity index (χ3v) is 6.52. The first kappa shape index (κ1) is 19.9. The summed E-state index contributed by atoms with van der Waals surface area (Å²) in [5.41, 5.74) is 1.10. The summed E-state index contributed by atoms with van der Waals surface area (Å²) in [5, 5.41) is -0.485. The Morgan fingerprint density at radius 1 is 1.03 bits per heavy atom. The maximum atomic E-state index is 14.6. The molecule has 0 atom stereocenters. The molecular weight excluding hydrogens is 393 g/mol. The molecule has 154 valence electrons. The summed E-state index contributed by atoms with van der Waals surface area (Å²) in [6.07, 6.45) is 6.59. The van der Waals surface area contributed by atoms with Crippen molar-refractivity contribution in [2.45, 2.75) is 32.1 Å². The summed E-state index contributed by atoms with van der Waals surface area (Å²) in [4.78, 5) is 42.3. The summed E-state index contributed by atoms with van der Waals surface area (Å²) in [5.74, 6) is -1.17. The lowest BCUT2D eigenvalue weighted by molar-refractivity contribution is -0.136. The number of imide groups is 1. The van der Waals surface area contributed by atoms with Gasteiger partial charge in [-0.3, -0.25) is 19.3 Å². The van der Waals surface area contributed by atoms with Crippen molar-refractivity contribution in [3.05, 3.63) is 34.5 Å². The van der Waals surface area contributed by atoms with Crippen molar-refractivity contribution in [3.63, 3.8) is 0 Å². The van der Waals surface area contributed by atoms with Gasteiger partial charge >= 0.3 is 0 Å². The maximum Gasteiger partial charge on any atom is 0.294 e. The summed E-state index contributed by atoms with van der Waals surface area (Å²) < 4.78 is 14.6. The van der Waals surface area contributed by atoms with E-state index in [0.717, 1.165) is 67.5 Å². The predicted molar refractivity (Wildman–Crippen MR) is 111 cm³/mol. The van der Waals surface area contributed by atoms with Gasteiger partial charge in [-0.1, -0.05) is 0 Å². The van der Waals surface area contributed by atoms with E-state index in [1.165, 1.54) is 12.1 Å². The van der Waals surface area contributed by atoms with Gasteiger partial charge in [-0.25, -0.2) is 4.39 Å². The van der Waals surface area contributed by atoms with E-state index in [9.17, 15) is 18.8 Å². The third-order valence-electron chi connectivity index (χ3n) is 5.62. The van der Waals surface area contributed by atoms with E-state index in [2.05, 4.69) is 4.90 Å². The molecule has 3 aliphatic rings. The molecule has 3 heterocycles. The highest BCUT2D eigenvalue weighted by molar-refractivity contribution is 8.18. The van der Waals surface area contributed by atoms with Gasteiger partial charge in [0.25, 0.3) is 11.1 Å². The molecule has 3 aliphatic heterocycles. The van der Waals surface area contributed by atoms with Crippen LogP contribution in [0, 0.1) is 5.82 Å². The Labute approximate surface area is 173 Å². The monoisotopic (exact) mass is 417 g/mol. The molecule has 1 aromatic rings. The number of halogens is 1. The summed E-state index contributed by atoms with van der Waals surface area (Å²) in [6.45, 7) is 2.92. The minimum absolute atomic E-state index is 0.147. The van der Waals surface area contributed by atoms with E-state index in [-0.39, 0.29) is 22.9 Å². The maximum absolute atomic E-state index is 14.6. The van der Waals surface area contributed by atoms with Crippen molar-refractivity contribution in [1.29, 1.82) is 0 Å². The Bertz CT molecular complexity index is 861. The fraction of sp³-hybridized carbons (Fsp3) is 0.476. The largest absolute Gasteiger partial charge is 0.371 e. The molecule has 0 N–H and O–H groups in total. The Morgan fingerprint density at radius 3 is 2.41 bits per heavy atom. The second-order valence-electron chi connectivity index (χ2n) is 7.61. The fourth-order valence-electron chi connectivity index (χ4n) is 3.96. The zero-order valence-electron chi connectivity index (χ0n) is 16.2. The molecule has 0 spiro atoms. The first-order chi connectivity index (χ1) is 14.0. The van der Waals surface area contributed by atoms with Crippen LogP contribution in [0.15, 0.2) is 23.1 Å². The molecule has 0 saturated carbocycles. The van der Waals surface area contributed by atoms with Crippen LogP contribution in [0.2, 0.25) is 0 Å². The van der Waals surface area contributed by atoms with Crippen LogP contribution in [0.4, 0.5) is 14.9 Å². The number of nitrogens with zero attached hydrogens (tertiary/aromatic N) is 3. The van der Waals surface area contributed by atoms with Gasteiger partial charge < -0.3 is 9.80 Å². The average Bonchev–Trinajstić information content (AvgIpc) is 3.35. The van der Waals surface area contributed by atoms with Crippen molar-refractivity contribution >= 4 is 40.6 Å². The lowest BCUT2D eigenvalue weighted by Crippen LogP contribution is -2.44. The summed E-state index contributed by atoms with van der Waals surface area (Å²) in [6, 6.07) is 4.95. The van der Waals surface area contributed by atoms with Gasteiger partial charge in [-0.2, -0.15) is 0 Å². The average molecular weight is 418 g/mol. The zero-order valence-corrected chi connectivity index (χ0v) is 17.0. The molecule has 0 unspecified atom stereocenters. The Balaban J connectivity index is 1.46. The topological polar surface area (TPSA) is 60.9 Å². The van der Waals surface area contributed by atoms with Crippen molar-refractivity contribution < 1.29 is 18.8 Å². The van der Waals surface area contributed by atoms with Crippen LogP contribution in [0.25, 0.3) is 6.08 Å². The lowest BCUT2D eigenvalue weighted by Gasteiger charge is -2.27. The fourth-order valence-corrected chi connectivity index (χ4v) is 4.79. The number of thioether (sulfide) groups is 1. The molecular formula is C21H24FN3O3S. The number of piperidine rings is 1. The van der Waals surface area contributed by atoms with Crippen LogP contribution in [0.3, 0.4) is 0 Å². The van der Waals surface area contributed by atoms with Gasteiger partial charge in [0.2, 0.25) is 5.91 Å². The molecule has 3 saturated heterocycles. The first-order valence-corrected chi connectivity index (χ1v) is 10.9. The predicted octanol–water partition coefficient (Wildman–Crippen LogP) is 3.47. The molecule has 3 amide bonds. The molecule has 3 fully saturated rings. The Kier molecular flexibility index (Phi) is 5.89. The number of hydrogen-bond acceptors (Lipinski definition) is 5. The van der Waals surface area contributed by atoms with Crippen LogP contribution in [-0.4, -0.2) is 59.6 Å². The Morgan fingerprint density at radius 2 is 1.72 bits per heavy atom. The molecule has 29 heavy (non-hydrogen) atoms. The number of likely N-dealkylation sites (tertiary alicyclic amines) is 1. The molecule has 0 bridgehead atoms. The third kappa shape index (κ3) is 4.32. The van der Waals surface area contributed by atoms with Gasteiger partial charge in [0.1, 0.15) is 12.4 Å². The van der Waals surface area contributed by atoms with Crippen molar-refractivity contribution in [2.75, 3.05) is 37.6 Å². The molecule has 4 rings (SSSR count). The minimum atomic E-state index is -0.534. The summed E-state index contributed by atoms with van der Waals surface area (Å²) in [7, 11) is 0. The highest BCUT2D eigenvalue weighted by atomic mass is 32.2. The number of carbonyl (C=O) groups excluding carboxylic acids is 3. The van der Waals surface area contributed by atoms with Gasteiger partial charge in [-0.15, -0.1) is 0 Å². The van der Waals surface area contributed by atoms with Crippen LogP contribution < -0.4 is 4.90 Å². The molecule has 1 aromatic carbocycles. The second-order valence-corrected chi connectivity index (χ2v) is 8.60. The van der Waals surface area contributed by atoms with Crippen molar-refractivity contribution in [2.24, 2.45) is 0 Å². The van der Waals surface area contributed by atoms with Crippen LogP contribution >= 0.6 is 11.8 Å². The highest BCUT2D eigenvalue weighted by Crippen LogP contribution is 2.33. The van der Waals surface area contributed by atoms with Gasteiger partial charge in [0.15, 0.2) is 0 Å². The normalized spacial score (nSPS) is 21.6. The van der Waals surface area contributed by atoms with Crippen LogP contribution in [-0.2, 0) is 9.59 Å². The van der Waals surface area contributed by atoms with E-state index < -0.39 is 17.0 Å². The first-order valence-electron chi connectivity index (χ1n) is 10.1. The summed E-state index contributed by atoms with van der Waals surface area (Å²) >= 11 is 0.754. The standard InChI is InChI=1S/C21H24FN3O3S/c22-17-13-16(23-8-4-5-9-23)7-6-15(17)12-18-20(27)25(21(28)29-18)14-19(26)24-10-2-1-3-11-24/h6-7,12-13H,1-5,8-11,14H2. The van der Waals surface area contributed by atoms with Crippen molar-refractivity contribution in [1.82, 2.24) is 9.80 Å². The number of benzene rings is 1. The number of hydrogen-bond donors (Lipinski definition) is 0. The molecule has 0 radical (unpaired) electrons. The van der Waals surface area contributed by atoms with Gasteiger partial charge in [0, 0.05) is 37.4 Å². The van der Waals surface area contributed by atoms with Crippen LogP contribution in [0.5, 0.6) is 0 Å². The highest BCUT2D eigenvalue weighted by Gasteiger charge is 2.37. The van der Waals surface area contributed by atoms with Gasteiger partial charge in [0.05, 0.1) is 4.91 Å². The van der Waals surface area contributed by atoms with E-state index in [4.69, 9.17) is 0 Å². The quantitative estimate of drug-likeness (QED) is 0.702. The van der Waals surface area contributed by atoms with E-state index in [1.807, 2.05) is 6.07 Å². The SMILES string of the molecule is O=C(CN1C(=O)SC(=Cc2ccc(N3CCCC3)cc2F)C1=O)N1CCCCC1. The number of anilines is 1. The number of carbonyl (C=O) groups is 3. The zero-order chi connectivity index (χ0) is 20.4. The number of amides is 3. The molecule has 8 heteroatoms.